The summed E-state index contributed by atoms with van der Waals surface area (Å²) in [5.41, 5.74) is 1.56. The summed E-state index contributed by atoms with van der Waals surface area (Å²) in [7, 11) is -3.86. The van der Waals surface area contributed by atoms with E-state index in [0.29, 0.717) is 6.54 Å². The molecule has 2 rings (SSSR count). The topological polar surface area (TPSA) is 75.3 Å². The highest BCUT2D eigenvalue weighted by molar-refractivity contribution is 7.89. The maximum atomic E-state index is 13.1. The van der Waals surface area contributed by atoms with Crippen molar-refractivity contribution in [3.63, 3.8) is 0 Å². The molecule has 2 N–H and O–H groups in total. The first-order chi connectivity index (χ1) is 13.1. The Morgan fingerprint density at radius 3 is 1.89 bits per heavy atom. The Bertz CT molecular complexity index is 892. The number of amides is 1. The van der Waals surface area contributed by atoms with Crippen LogP contribution in [0.1, 0.15) is 27.7 Å². The Morgan fingerprint density at radius 1 is 0.929 bits per heavy atom. The summed E-state index contributed by atoms with van der Waals surface area (Å²) in [6.07, 6.45) is 0. The van der Waals surface area contributed by atoms with Crippen LogP contribution in [0.15, 0.2) is 53.4 Å². The highest BCUT2D eigenvalue weighted by atomic mass is 32.2. The Hall–Kier alpha value is -2.25. The van der Waals surface area contributed by atoms with E-state index >= 15 is 0 Å². The summed E-state index contributed by atoms with van der Waals surface area (Å²) in [6, 6.07) is 11.4. The number of sulfonamides is 1. The molecular formula is C21H27FN2O3S. The Morgan fingerprint density at radius 2 is 1.43 bits per heavy atom. The third-order valence-electron chi connectivity index (χ3n) is 4.26. The lowest BCUT2D eigenvalue weighted by Gasteiger charge is -2.22. The van der Waals surface area contributed by atoms with Crippen molar-refractivity contribution in [3.05, 3.63) is 54.3 Å². The van der Waals surface area contributed by atoms with Crippen molar-refractivity contribution in [2.24, 2.45) is 11.8 Å². The number of halogens is 1. The Kier molecular flexibility index (Phi) is 7.32. The van der Waals surface area contributed by atoms with E-state index in [1.807, 2.05) is 13.8 Å². The number of rotatable bonds is 8. The quantitative estimate of drug-likeness (QED) is 0.704. The van der Waals surface area contributed by atoms with Gasteiger partial charge in [0.25, 0.3) is 0 Å². The van der Waals surface area contributed by atoms with Crippen LogP contribution in [-0.4, -0.2) is 26.9 Å². The number of hydrogen-bond donors (Lipinski definition) is 2. The van der Waals surface area contributed by atoms with Gasteiger partial charge in [0.15, 0.2) is 0 Å². The normalized spacial score (nSPS) is 13.0. The van der Waals surface area contributed by atoms with Crippen LogP contribution in [0.2, 0.25) is 0 Å². The second-order valence-corrected chi connectivity index (χ2v) is 9.23. The van der Waals surface area contributed by atoms with Gasteiger partial charge in [-0.3, -0.25) is 4.79 Å². The van der Waals surface area contributed by atoms with Crippen LogP contribution in [0.3, 0.4) is 0 Å². The van der Waals surface area contributed by atoms with Gasteiger partial charge in [0, 0.05) is 6.54 Å². The zero-order valence-electron chi connectivity index (χ0n) is 16.6. The van der Waals surface area contributed by atoms with Gasteiger partial charge in [-0.2, -0.15) is 4.72 Å². The monoisotopic (exact) mass is 406 g/mol. The molecular weight excluding hydrogens is 379 g/mol. The first-order valence-electron chi connectivity index (χ1n) is 9.26. The van der Waals surface area contributed by atoms with Crippen molar-refractivity contribution in [3.8, 4) is 11.1 Å². The second-order valence-electron chi connectivity index (χ2n) is 7.51. The minimum absolute atomic E-state index is 0.0701. The Labute approximate surface area is 166 Å². The van der Waals surface area contributed by atoms with Gasteiger partial charge < -0.3 is 5.32 Å². The first-order valence-corrected chi connectivity index (χ1v) is 10.7. The minimum Gasteiger partial charge on any atom is -0.354 e. The summed E-state index contributed by atoms with van der Waals surface area (Å²) in [5.74, 6) is -0.606. The molecule has 0 heterocycles. The van der Waals surface area contributed by atoms with Crippen LogP contribution in [0, 0.1) is 17.7 Å². The number of carbonyl (C=O) groups is 1. The van der Waals surface area contributed by atoms with E-state index in [-0.39, 0.29) is 28.5 Å². The van der Waals surface area contributed by atoms with Crippen molar-refractivity contribution in [1.29, 1.82) is 0 Å². The van der Waals surface area contributed by atoms with Crippen LogP contribution < -0.4 is 10.0 Å². The largest absolute Gasteiger partial charge is 0.354 e. The van der Waals surface area contributed by atoms with Gasteiger partial charge in [-0.05, 0) is 47.2 Å². The van der Waals surface area contributed by atoms with Gasteiger partial charge in [0.2, 0.25) is 15.9 Å². The highest BCUT2D eigenvalue weighted by Gasteiger charge is 2.28. The summed E-state index contributed by atoms with van der Waals surface area (Å²) < 4.78 is 41.0. The van der Waals surface area contributed by atoms with Gasteiger partial charge in [0.1, 0.15) is 11.9 Å². The van der Waals surface area contributed by atoms with Crippen LogP contribution >= 0.6 is 0 Å². The predicted octanol–water partition coefficient (Wildman–Crippen LogP) is 3.57. The summed E-state index contributed by atoms with van der Waals surface area (Å²) in [5, 5.41) is 2.78. The molecule has 0 saturated carbocycles. The predicted molar refractivity (Wildman–Crippen MR) is 109 cm³/mol. The molecule has 28 heavy (non-hydrogen) atoms. The molecule has 1 atom stereocenters. The Balaban J connectivity index is 2.18. The molecule has 0 aliphatic carbocycles. The molecule has 0 radical (unpaired) electrons. The SMILES string of the molecule is CC(C)CNC(=O)C(NS(=O)(=O)c1ccc(-c2ccc(F)cc2)cc1)C(C)C. The maximum Gasteiger partial charge on any atom is 0.241 e. The molecule has 1 amide bonds. The molecule has 5 nitrogen and oxygen atoms in total. The first kappa shape index (κ1) is 22.0. The smallest absolute Gasteiger partial charge is 0.241 e. The molecule has 2 aromatic carbocycles. The zero-order chi connectivity index (χ0) is 20.9. The molecule has 2 aromatic rings. The molecule has 152 valence electrons. The third-order valence-corrected chi connectivity index (χ3v) is 5.71. The number of carbonyl (C=O) groups excluding carboxylic acids is 1. The minimum atomic E-state index is -3.86. The average Bonchev–Trinajstić information content (AvgIpc) is 2.64. The van der Waals surface area contributed by atoms with E-state index in [2.05, 4.69) is 10.0 Å². The standard InChI is InChI=1S/C21H27FN2O3S/c1-14(2)13-23-21(25)20(15(3)4)24-28(26,27)19-11-7-17(8-12-19)16-5-9-18(22)10-6-16/h5-12,14-15,20,24H,13H2,1-4H3,(H,23,25). The van der Waals surface area contributed by atoms with Crippen molar-refractivity contribution in [2.75, 3.05) is 6.54 Å². The fourth-order valence-corrected chi connectivity index (χ4v) is 3.96. The third kappa shape index (κ3) is 5.87. The van der Waals surface area contributed by atoms with Gasteiger partial charge in [-0.15, -0.1) is 0 Å². The van der Waals surface area contributed by atoms with Crippen molar-refractivity contribution in [1.82, 2.24) is 10.0 Å². The van der Waals surface area contributed by atoms with Gasteiger partial charge in [-0.25, -0.2) is 12.8 Å². The molecule has 0 bridgehead atoms. The molecule has 1 unspecified atom stereocenters. The second kappa shape index (κ2) is 9.30. The highest BCUT2D eigenvalue weighted by Crippen LogP contribution is 2.22. The molecule has 0 aliphatic rings. The van der Waals surface area contributed by atoms with E-state index in [1.54, 1.807) is 38.1 Å². The maximum absolute atomic E-state index is 13.1. The molecule has 0 spiro atoms. The van der Waals surface area contributed by atoms with Gasteiger partial charge in [-0.1, -0.05) is 52.0 Å². The van der Waals surface area contributed by atoms with Gasteiger partial charge in [0.05, 0.1) is 4.90 Å². The zero-order valence-corrected chi connectivity index (χ0v) is 17.4. The fraction of sp³-hybridized carbons (Fsp3) is 0.381. The van der Waals surface area contributed by atoms with Crippen LogP contribution in [0.5, 0.6) is 0 Å². The molecule has 0 aromatic heterocycles. The van der Waals surface area contributed by atoms with E-state index in [1.165, 1.54) is 24.3 Å². The van der Waals surface area contributed by atoms with Crippen molar-refractivity contribution < 1.29 is 17.6 Å². The number of benzene rings is 2. The summed E-state index contributed by atoms with van der Waals surface area (Å²) in [4.78, 5) is 12.5. The van der Waals surface area contributed by atoms with E-state index in [0.717, 1.165) is 11.1 Å². The van der Waals surface area contributed by atoms with Crippen molar-refractivity contribution in [2.45, 2.75) is 38.6 Å². The lowest BCUT2D eigenvalue weighted by Crippen LogP contribution is -2.50. The van der Waals surface area contributed by atoms with E-state index in [4.69, 9.17) is 0 Å². The number of hydrogen-bond acceptors (Lipinski definition) is 3. The van der Waals surface area contributed by atoms with Crippen LogP contribution in [-0.2, 0) is 14.8 Å². The number of nitrogens with one attached hydrogen (secondary N) is 2. The molecule has 0 saturated heterocycles. The van der Waals surface area contributed by atoms with Crippen molar-refractivity contribution >= 4 is 15.9 Å². The summed E-state index contributed by atoms with van der Waals surface area (Å²) >= 11 is 0. The molecule has 0 aliphatic heterocycles. The lowest BCUT2D eigenvalue weighted by molar-refractivity contribution is -0.123. The average molecular weight is 407 g/mol. The lowest BCUT2D eigenvalue weighted by atomic mass is 10.0. The molecule has 7 heteroatoms. The molecule has 0 fully saturated rings. The van der Waals surface area contributed by atoms with E-state index in [9.17, 15) is 17.6 Å². The summed E-state index contributed by atoms with van der Waals surface area (Å²) in [6.45, 7) is 8.00. The van der Waals surface area contributed by atoms with Crippen LogP contribution in [0.25, 0.3) is 11.1 Å². The van der Waals surface area contributed by atoms with Crippen LogP contribution in [0.4, 0.5) is 4.39 Å². The fourth-order valence-electron chi connectivity index (χ4n) is 2.61. The van der Waals surface area contributed by atoms with Gasteiger partial charge >= 0.3 is 0 Å². The van der Waals surface area contributed by atoms with E-state index < -0.39 is 16.1 Å².